The minimum absolute atomic E-state index is 0.00495. The van der Waals surface area contributed by atoms with Gasteiger partial charge >= 0.3 is 5.97 Å². The molecule has 138 valence electrons. The average Bonchev–Trinajstić information content (AvgIpc) is 2.60. The normalized spacial score (nSPS) is 21.6. The molecule has 0 bridgehead atoms. The number of benzene rings is 1. The summed E-state index contributed by atoms with van der Waals surface area (Å²) in [6.07, 6.45) is 2.91. The number of carboxylic acids is 1. The highest BCUT2D eigenvalue weighted by Gasteiger charge is 2.31. The third-order valence-electron chi connectivity index (χ3n) is 4.98. The number of carbonyl (C=O) groups is 2. The van der Waals surface area contributed by atoms with Crippen molar-refractivity contribution in [3.8, 4) is 5.75 Å². The maximum atomic E-state index is 12.4. The first kappa shape index (κ1) is 19.3. The van der Waals surface area contributed by atoms with Gasteiger partial charge in [-0.2, -0.15) is 0 Å². The molecular formula is C20H29NO4. The highest BCUT2D eigenvalue weighted by Crippen LogP contribution is 2.30. The number of ether oxygens (including phenoxy) is 1. The van der Waals surface area contributed by atoms with Gasteiger partial charge in [0.1, 0.15) is 5.75 Å². The quantitative estimate of drug-likeness (QED) is 0.790. The largest absolute Gasteiger partial charge is 0.481 e. The average molecular weight is 347 g/mol. The Hall–Kier alpha value is -2.04. The third-order valence-corrected chi connectivity index (χ3v) is 4.98. The summed E-state index contributed by atoms with van der Waals surface area (Å²) in [4.78, 5) is 23.7. The Morgan fingerprint density at radius 2 is 1.88 bits per heavy atom. The van der Waals surface area contributed by atoms with E-state index < -0.39 is 12.1 Å². The topological polar surface area (TPSA) is 75.6 Å². The summed E-state index contributed by atoms with van der Waals surface area (Å²) < 4.78 is 5.85. The summed E-state index contributed by atoms with van der Waals surface area (Å²) in [5.74, 6) is -0.272. The van der Waals surface area contributed by atoms with Crippen LogP contribution in [0.1, 0.15) is 57.9 Å². The predicted octanol–water partition coefficient (Wildman–Crippen LogP) is 3.58. The molecule has 0 spiro atoms. The number of hydrogen-bond donors (Lipinski definition) is 2. The highest BCUT2D eigenvalue weighted by atomic mass is 16.5. The molecule has 25 heavy (non-hydrogen) atoms. The lowest BCUT2D eigenvalue weighted by Gasteiger charge is -2.29. The Labute approximate surface area is 149 Å². The molecule has 0 saturated heterocycles. The Kier molecular flexibility index (Phi) is 6.85. The molecule has 5 heteroatoms. The minimum Gasteiger partial charge on any atom is -0.481 e. The first-order valence-electron chi connectivity index (χ1n) is 9.16. The summed E-state index contributed by atoms with van der Waals surface area (Å²) in [6, 6.07) is 7.73. The van der Waals surface area contributed by atoms with Crippen molar-refractivity contribution in [3.63, 3.8) is 0 Å². The molecule has 1 fully saturated rings. The van der Waals surface area contributed by atoms with Gasteiger partial charge in [0.05, 0.1) is 5.92 Å². The molecule has 1 saturated carbocycles. The fourth-order valence-corrected chi connectivity index (χ4v) is 3.46. The van der Waals surface area contributed by atoms with Crippen molar-refractivity contribution < 1.29 is 19.4 Å². The van der Waals surface area contributed by atoms with Crippen LogP contribution in [0.2, 0.25) is 0 Å². The second-order valence-corrected chi connectivity index (χ2v) is 7.19. The Morgan fingerprint density at radius 3 is 2.56 bits per heavy atom. The number of nitrogens with one attached hydrogen (secondary N) is 1. The molecule has 5 nitrogen and oxygen atoms in total. The summed E-state index contributed by atoms with van der Waals surface area (Å²) in [5.41, 5.74) is 1.07. The van der Waals surface area contributed by atoms with Gasteiger partial charge in [0.25, 0.3) is 5.91 Å². The highest BCUT2D eigenvalue weighted by molar-refractivity contribution is 5.80. The summed E-state index contributed by atoms with van der Waals surface area (Å²) in [7, 11) is 0. The predicted molar refractivity (Wildman–Crippen MR) is 96.7 cm³/mol. The van der Waals surface area contributed by atoms with Crippen LogP contribution >= 0.6 is 0 Å². The van der Waals surface area contributed by atoms with Crippen molar-refractivity contribution >= 4 is 11.9 Å². The van der Waals surface area contributed by atoms with E-state index in [-0.39, 0.29) is 17.7 Å². The summed E-state index contributed by atoms with van der Waals surface area (Å²) >= 11 is 0. The zero-order valence-corrected chi connectivity index (χ0v) is 15.3. The number of hydrogen-bond acceptors (Lipinski definition) is 3. The smallest absolute Gasteiger partial charge is 0.306 e. The van der Waals surface area contributed by atoms with Crippen molar-refractivity contribution in [1.82, 2.24) is 5.32 Å². The molecule has 0 heterocycles. The number of amides is 1. The lowest BCUT2D eigenvalue weighted by atomic mass is 9.79. The van der Waals surface area contributed by atoms with E-state index in [0.717, 1.165) is 30.6 Å². The summed E-state index contributed by atoms with van der Waals surface area (Å²) in [5, 5.41) is 12.2. The molecule has 0 radical (unpaired) electrons. The van der Waals surface area contributed by atoms with Crippen molar-refractivity contribution in [2.75, 3.05) is 6.54 Å². The van der Waals surface area contributed by atoms with Crippen molar-refractivity contribution in [1.29, 1.82) is 0 Å². The van der Waals surface area contributed by atoms with Crippen LogP contribution in [-0.2, 0) is 9.59 Å². The van der Waals surface area contributed by atoms with Crippen LogP contribution < -0.4 is 10.1 Å². The maximum absolute atomic E-state index is 12.4. The van der Waals surface area contributed by atoms with Crippen molar-refractivity contribution in [2.24, 2.45) is 11.8 Å². The molecular weight excluding hydrogens is 318 g/mol. The molecule has 1 unspecified atom stereocenters. The first-order chi connectivity index (χ1) is 11.9. The zero-order chi connectivity index (χ0) is 18.4. The number of para-hydroxylation sites is 1. The van der Waals surface area contributed by atoms with Gasteiger partial charge in [-0.1, -0.05) is 44.9 Å². The van der Waals surface area contributed by atoms with Gasteiger partial charge in [0, 0.05) is 6.54 Å². The van der Waals surface area contributed by atoms with E-state index in [0.29, 0.717) is 18.9 Å². The van der Waals surface area contributed by atoms with E-state index in [1.165, 1.54) is 0 Å². The summed E-state index contributed by atoms with van der Waals surface area (Å²) in [6.45, 7) is 6.29. The molecule has 0 aliphatic heterocycles. The van der Waals surface area contributed by atoms with Gasteiger partial charge in [-0.25, -0.2) is 0 Å². The van der Waals surface area contributed by atoms with Crippen LogP contribution in [0.25, 0.3) is 0 Å². The van der Waals surface area contributed by atoms with Crippen LogP contribution in [0, 0.1) is 11.8 Å². The lowest BCUT2D eigenvalue weighted by molar-refractivity contribution is -0.145. The Balaban J connectivity index is 1.91. The fraction of sp³-hybridized carbons (Fsp3) is 0.600. The van der Waals surface area contributed by atoms with Crippen LogP contribution in [0.4, 0.5) is 0 Å². The van der Waals surface area contributed by atoms with Crippen molar-refractivity contribution in [3.05, 3.63) is 29.8 Å². The van der Waals surface area contributed by atoms with E-state index in [2.05, 4.69) is 19.2 Å². The molecule has 1 aromatic rings. The van der Waals surface area contributed by atoms with E-state index in [4.69, 9.17) is 4.74 Å². The molecule has 2 rings (SSSR count). The number of carboxylic acid groups (broad SMARTS) is 1. The van der Waals surface area contributed by atoms with Gasteiger partial charge in [0.15, 0.2) is 6.10 Å². The van der Waals surface area contributed by atoms with Gasteiger partial charge < -0.3 is 15.2 Å². The lowest BCUT2D eigenvalue weighted by Crippen LogP contribution is -2.42. The second kappa shape index (κ2) is 8.88. The Morgan fingerprint density at radius 1 is 1.20 bits per heavy atom. The molecule has 3 atom stereocenters. The minimum atomic E-state index is -0.755. The fourth-order valence-electron chi connectivity index (χ4n) is 3.46. The van der Waals surface area contributed by atoms with Gasteiger partial charge in [-0.3, -0.25) is 9.59 Å². The van der Waals surface area contributed by atoms with Gasteiger partial charge in [-0.15, -0.1) is 0 Å². The van der Waals surface area contributed by atoms with E-state index >= 15 is 0 Å². The number of aliphatic carboxylic acids is 1. The molecule has 0 aromatic heterocycles. The zero-order valence-electron chi connectivity index (χ0n) is 15.3. The van der Waals surface area contributed by atoms with E-state index in [1.807, 2.05) is 24.3 Å². The number of rotatable bonds is 7. The number of carbonyl (C=O) groups excluding carboxylic acids is 1. The Bertz CT molecular complexity index is 599. The maximum Gasteiger partial charge on any atom is 0.306 e. The van der Waals surface area contributed by atoms with Crippen LogP contribution in [-0.4, -0.2) is 29.6 Å². The van der Waals surface area contributed by atoms with Crippen LogP contribution in [0.3, 0.4) is 0 Å². The standard InChI is InChI=1S/C20H29NO4/c1-13(2)16-9-6-7-11-18(16)25-14(3)19(22)21-12-15-8-4-5-10-17(15)20(23)24/h6-7,9,11,13-15,17H,4-5,8,10,12H2,1-3H3,(H,21,22)(H,23,24)/t14?,15-,17-/m0/s1. The van der Waals surface area contributed by atoms with Crippen LogP contribution in [0.15, 0.2) is 24.3 Å². The monoisotopic (exact) mass is 347 g/mol. The molecule has 1 amide bonds. The molecule has 1 aromatic carbocycles. The second-order valence-electron chi connectivity index (χ2n) is 7.19. The molecule has 1 aliphatic rings. The van der Waals surface area contributed by atoms with E-state index in [9.17, 15) is 14.7 Å². The molecule has 1 aliphatic carbocycles. The third kappa shape index (κ3) is 5.21. The van der Waals surface area contributed by atoms with E-state index in [1.54, 1.807) is 6.92 Å². The van der Waals surface area contributed by atoms with Gasteiger partial charge in [0.2, 0.25) is 0 Å². The SMILES string of the molecule is CC(Oc1ccccc1C(C)C)C(=O)NC[C@@H]1CCCC[C@@H]1C(=O)O. The molecule has 2 N–H and O–H groups in total. The van der Waals surface area contributed by atoms with Crippen LogP contribution in [0.5, 0.6) is 5.75 Å². The van der Waals surface area contributed by atoms with Crippen molar-refractivity contribution in [2.45, 2.75) is 58.5 Å². The van der Waals surface area contributed by atoms with Gasteiger partial charge in [-0.05, 0) is 43.2 Å². The first-order valence-corrected chi connectivity index (χ1v) is 9.16.